The van der Waals surface area contributed by atoms with Gasteiger partial charge in [0.25, 0.3) is 0 Å². The van der Waals surface area contributed by atoms with Gasteiger partial charge in [-0.3, -0.25) is 0 Å². The molecule has 0 saturated heterocycles. The molecule has 1 rings (SSSR count). The third kappa shape index (κ3) is 4.10. The lowest BCUT2D eigenvalue weighted by molar-refractivity contribution is 0.101. The van der Waals surface area contributed by atoms with Crippen molar-refractivity contribution in [2.45, 2.75) is 45.1 Å². The Morgan fingerprint density at radius 3 is 2.77 bits per heavy atom. The van der Waals surface area contributed by atoms with Crippen LogP contribution < -0.4 is 5.32 Å². The lowest BCUT2D eigenvalue weighted by Crippen LogP contribution is -2.27. The average molecular weight is 185 g/mol. The molecule has 0 bridgehead atoms. The average Bonchev–Trinajstić information content (AvgIpc) is 2.39. The highest BCUT2D eigenvalue weighted by atomic mass is 16.5. The van der Waals surface area contributed by atoms with Gasteiger partial charge in [-0.25, -0.2) is 0 Å². The fraction of sp³-hybridized carbons (Fsp3) is 1.00. The van der Waals surface area contributed by atoms with Crippen molar-refractivity contribution in [2.24, 2.45) is 5.92 Å². The van der Waals surface area contributed by atoms with Crippen molar-refractivity contribution < 1.29 is 4.74 Å². The van der Waals surface area contributed by atoms with Gasteiger partial charge in [-0.15, -0.1) is 0 Å². The molecule has 13 heavy (non-hydrogen) atoms. The summed E-state index contributed by atoms with van der Waals surface area (Å²) >= 11 is 0. The molecule has 1 aliphatic carbocycles. The maximum atomic E-state index is 5.49. The third-order valence-corrected chi connectivity index (χ3v) is 3.00. The van der Waals surface area contributed by atoms with Gasteiger partial charge < -0.3 is 10.1 Å². The van der Waals surface area contributed by atoms with Gasteiger partial charge in [0.2, 0.25) is 0 Å². The van der Waals surface area contributed by atoms with Crippen LogP contribution in [0.1, 0.15) is 39.0 Å². The summed E-state index contributed by atoms with van der Waals surface area (Å²) in [4.78, 5) is 0. The summed E-state index contributed by atoms with van der Waals surface area (Å²) in [6.45, 7) is 3.90. The Kier molecular flexibility index (Phi) is 5.40. The lowest BCUT2D eigenvalue weighted by atomic mass is 9.99. The molecular weight excluding hydrogens is 162 g/mol. The van der Waals surface area contributed by atoms with E-state index in [2.05, 4.69) is 19.3 Å². The molecule has 1 aliphatic rings. The first-order valence-corrected chi connectivity index (χ1v) is 5.61. The Labute approximate surface area is 82.0 Å². The van der Waals surface area contributed by atoms with Crippen LogP contribution in [-0.4, -0.2) is 26.3 Å². The molecule has 0 aromatic carbocycles. The summed E-state index contributed by atoms with van der Waals surface area (Å²) in [6.07, 6.45) is 6.78. The zero-order chi connectivity index (χ0) is 9.52. The quantitative estimate of drug-likeness (QED) is 0.678. The summed E-state index contributed by atoms with van der Waals surface area (Å²) < 4.78 is 5.49. The van der Waals surface area contributed by atoms with Crippen LogP contribution in [-0.2, 0) is 4.74 Å². The minimum Gasteiger partial charge on any atom is -0.381 e. The highest BCUT2D eigenvalue weighted by Gasteiger charge is 2.18. The molecule has 1 N–H and O–H groups in total. The Bertz CT molecular complexity index is 127. The molecule has 0 spiro atoms. The van der Waals surface area contributed by atoms with E-state index in [0.29, 0.717) is 0 Å². The molecule has 0 aromatic heterocycles. The molecule has 0 amide bonds. The standard InChI is InChI=1S/C11H23NO/c1-3-13-9-10-6-4-5-7-11(8-10)12-2/h10-12H,3-9H2,1-2H3. The van der Waals surface area contributed by atoms with Crippen molar-refractivity contribution in [1.29, 1.82) is 0 Å². The number of rotatable bonds is 4. The van der Waals surface area contributed by atoms with Gasteiger partial charge in [-0.2, -0.15) is 0 Å². The van der Waals surface area contributed by atoms with Crippen molar-refractivity contribution >= 4 is 0 Å². The first-order valence-electron chi connectivity index (χ1n) is 5.61. The minimum absolute atomic E-state index is 0.730. The number of hydrogen-bond donors (Lipinski definition) is 1. The van der Waals surface area contributed by atoms with Crippen LogP contribution in [0.5, 0.6) is 0 Å². The van der Waals surface area contributed by atoms with Gasteiger partial charge in [0.05, 0.1) is 0 Å². The van der Waals surface area contributed by atoms with Gasteiger partial charge in [-0.05, 0) is 39.2 Å². The summed E-state index contributed by atoms with van der Waals surface area (Å²) in [5, 5.41) is 3.39. The van der Waals surface area contributed by atoms with E-state index in [4.69, 9.17) is 4.74 Å². The Morgan fingerprint density at radius 2 is 2.08 bits per heavy atom. The van der Waals surface area contributed by atoms with Crippen LogP contribution in [0.3, 0.4) is 0 Å². The van der Waals surface area contributed by atoms with Crippen LogP contribution in [0.15, 0.2) is 0 Å². The molecule has 1 saturated carbocycles. The van der Waals surface area contributed by atoms with Crippen molar-refractivity contribution in [3.8, 4) is 0 Å². The van der Waals surface area contributed by atoms with Crippen LogP contribution in [0.4, 0.5) is 0 Å². The normalized spacial score (nSPS) is 30.0. The predicted molar refractivity (Wildman–Crippen MR) is 55.9 cm³/mol. The predicted octanol–water partition coefficient (Wildman–Crippen LogP) is 2.19. The van der Waals surface area contributed by atoms with E-state index in [1.54, 1.807) is 0 Å². The molecule has 0 aliphatic heterocycles. The molecule has 0 aromatic rings. The largest absolute Gasteiger partial charge is 0.381 e. The monoisotopic (exact) mass is 185 g/mol. The van der Waals surface area contributed by atoms with Gasteiger partial charge in [0, 0.05) is 19.3 Å². The maximum absolute atomic E-state index is 5.49. The summed E-state index contributed by atoms with van der Waals surface area (Å²) in [6, 6.07) is 0.730. The molecule has 2 unspecified atom stereocenters. The van der Waals surface area contributed by atoms with E-state index in [-0.39, 0.29) is 0 Å². The molecule has 2 atom stereocenters. The van der Waals surface area contributed by atoms with Crippen LogP contribution in [0.25, 0.3) is 0 Å². The summed E-state index contributed by atoms with van der Waals surface area (Å²) in [5.74, 6) is 0.792. The van der Waals surface area contributed by atoms with E-state index >= 15 is 0 Å². The molecule has 1 fully saturated rings. The van der Waals surface area contributed by atoms with E-state index in [9.17, 15) is 0 Å². The highest BCUT2D eigenvalue weighted by molar-refractivity contribution is 4.74. The fourth-order valence-electron chi connectivity index (χ4n) is 2.16. The first-order chi connectivity index (χ1) is 6.36. The lowest BCUT2D eigenvalue weighted by Gasteiger charge is -2.19. The van der Waals surface area contributed by atoms with Crippen molar-refractivity contribution in [3.63, 3.8) is 0 Å². The zero-order valence-corrected chi connectivity index (χ0v) is 9.01. The van der Waals surface area contributed by atoms with E-state index < -0.39 is 0 Å². The molecule has 2 heteroatoms. The van der Waals surface area contributed by atoms with Crippen LogP contribution in [0.2, 0.25) is 0 Å². The second-order valence-corrected chi connectivity index (χ2v) is 4.03. The Balaban J connectivity index is 2.26. The van der Waals surface area contributed by atoms with Gasteiger partial charge in [-0.1, -0.05) is 12.8 Å². The number of nitrogens with one attached hydrogen (secondary N) is 1. The molecule has 0 heterocycles. The van der Waals surface area contributed by atoms with Crippen molar-refractivity contribution in [1.82, 2.24) is 5.32 Å². The topological polar surface area (TPSA) is 21.3 Å². The van der Waals surface area contributed by atoms with Gasteiger partial charge >= 0.3 is 0 Å². The van der Waals surface area contributed by atoms with Crippen LogP contribution >= 0.6 is 0 Å². The number of hydrogen-bond acceptors (Lipinski definition) is 2. The zero-order valence-electron chi connectivity index (χ0n) is 9.01. The van der Waals surface area contributed by atoms with E-state index in [0.717, 1.165) is 25.2 Å². The SMILES string of the molecule is CCOCC1CCCCC(NC)C1. The van der Waals surface area contributed by atoms with Gasteiger partial charge in [0.15, 0.2) is 0 Å². The van der Waals surface area contributed by atoms with Gasteiger partial charge in [0.1, 0.15) is 0 Å². The smallest absolute Gasteiger partial charge is 0.0494 e. The molecular formula is C11H23NO. The Hall–Kier alpha value is -0.0800. The summed E-state index contributed by atoms with van der Waals surface area (Å²) in [5.41, 5.74) is 0. The Morgan fingerprint density at radius 1 is 1.31 bits per heavy atom. The maximum Gasteiger partial charge on any atom is 0.0494 e. The first kappa shape index (κ1) is 11.0. The van der Waals surface area contributed by atoms with Crippen molar-refractivity contribution in [2.75, 3.05) is 20.3 Å². The fourth-order valence-corrected chi connectivity index (χ4v) is 2.16. The molecule has 78 valence electrons. The van der Waals surface area contributed by atoms with E-state index in [1.165, 1.54) is 32.1 Å². The minimum atomic E-state index is 0.730. The second kappa shape index (κ2) is 6.39. The van der Waals surface area contributed by atoms with Crippen molar-refractivity contribution in [3.05, 3.63) is 0 Å². The summed E-state index contributed by atoms with van der Waals surface area (Å²) in [7, 11) is 2.08. The number of ether oxygens (including phenoxy) is 1. The highest BCUT2D eigenvalue weighted by Crippen LogP contribution is 2.23. The van der Waals surface area contributed by atoms with E-state index in [1.807, 2.05) is 0 Å². The third-order valence-electron chi connectivity index (χ3n) is 3.00. The second-order valence-electron chi connectivity index (χ2n) is 4.03. The van der Waals surface area contributed by atoms with Crippen LogP contribution in [0, 0.1) is 5.92 Å². The molecule has 0 radical (unpaired) electrons. The molecule has 2 nitrogen and oxygen atoms in total.